The number of nitrogens with one attached hydrogen (secondary N) is 1. The van der Waals surface area contributed by atoms with Gasteiger partial charge in [-0.2, -0.15) is 0 Å². The number of hydrogen-bond donors (Lipinski definition) is 5. The molecule has 1 fully saturated rings. The summed E-state index contributed by atoms with van der Waals surface area (Å²) < 4.78 is 12.7. The molecule has 3 rings (SSSR count). The number of aliphatic carboxylic acids is 2. The summed E-state index contributed by atoms with van der Waals surface area (Å²) in [5.41, 5.74) is 6.72. The van der Waals surface area contributed by atoms with Crippen LogP contribution in [0.15, 0.2) is 12.7 Å². The number of rotatable bonds is 7. The van der Waals surface area contributed by atoms with Gasteiger partial charge in [0.2, 0.25) is 0 Å². The van der Waals surface area contributed by atoms with Gasteiger partial charge in [-0.3, -0.25) is 0 Å². The summed E-state index contributed by atoms with van der Waals surface area (Å²) in [6, 6.07) is -1.48. The van der Waals surface area contributed by atoms with E-state index in [1.54, 1.807) is 4.57 Å². The van der Waals surface area contributed by atoms with Crippen molar-refractivity contribution >= 4 is 36.8 Å². The van der Waals surface area contributed by atoms with Gasteiger partial charge in [-0.1, -0.05) is 0 Å². The van der Waals surface area contributed by atoms with Crippen LogP contribution < -0.4 is 10.8 Å². The van der Waals surface area contributed by atoms with Gasteiger partial charge in [-0.05, 0) is 0 Å². The van der Waals surface area contributed by atoms with E-state index < -0.39 is 38.4 Å². The summed E-state index contributed by atoms with van der Waals surface area (Å²) in [6.07, 6.45) is 1.45. The number of carbonyl (C=O) groups is 2. The summed E-state index contributed by atoms with van der Waals surface area (Å²) in [5.74, 6) is -2.45. The second-order valence-corrected chi connectivity index (χ2v) is 8.42. The van der Waals surface area contributed by atoms with E-state index in [1.807, 2.05) is 0 Å². The van der Waals surface area contributed by atoms with Gasteiger partial charge in [0.05, 0.1) is 0 Å². The molecule has 0 saturated carbocycles. The van der Waals surface area contributed by atoms with Crippen molar-refractivity contribution in [3.8, 4) is 0 Å². The molecule has 0 radical (unpaired) electrons. The van der Waals surface area contributed by atoms with Crippen molar-refractivity contribution in [3.05, 3.63) is 12.7 Å². The number of aromatic nitrogens is 4. The molecule has 2 aromatic heterocycles. The van der Waals surface area contributed by atoms with Crippen molar-refractivity contribution in [2.75, 3.05) is 18.7 Å². The number of anilines is 1. The van der Waals surface area contributed by atoms with Crippen LogP contribution in [0.25, 0.3) is 11.2 Å². The Kier molecular flexibility index (Phi) is 5.48. The maximum absolute atomic E-state index is 11.1. The molecule has 2 aromatic rings. The zero-order valence-electron chi connectivity index (χ0n) is 14.0. The molecular formula is C13H19N6O7P. The predicted octanol–water partition coefficient (Wildman–Crippen LogP) is -1.21. The molecule has 0 amide bonds. The average Bonchev–Trinajstić information content (AvgIpc) is 3.00. The maximum atomic E-state index is 11.1. The molecule has 148 valence electrons. The van der Waals surface area contributed by atoms with E-state index >= 15 is 0 Å². The van der Waals surface area contributed by atoms with E-state index in [0.717, 1.165) is 0 Å². The third-order valence-electron chi connectivity index (χ3n) is 3.93. The summed E-state index contributed by atoms with van der Waals surface area (Å²) in [6.45, 7) is 0.296. The summed E-state index contributed by atoms with van der Waals surface area (Å²) in [4.78, 5) is 44.4. The molecular weight excluding hydrogens is 383 g/mol. The Hall–Kier alpha value is -2.44. The number of carboxylic acids is 2. The number of nitrogens with zero attached hydrogens (tertiary/aromatic N) is 4. The van der Waals surface area contributed by atoms with Gasteiger partial charge in [-0.25, -0.2) is 0 Å². The first-order valence-corrected chi connectivity index (χ1v) is 9.95. The molecule has 2 atom stereocenters. The molecule has 1 aliphatic heterocycles. The second kappa shape index (κ2) is 7.66. The van der Waals surface area contributed by atoms with E-state index in [0.29, 0.717) is 17.7 Å². The molecule has 6 N–H and O–H groups in total. The molecule has 0 unspecified atom stereocenters. The van der Waals surface area contributed by atoms with Crippen molar-refractivity contribution in [1.82, 2.24) is 24.6 Å². The van der Waals surface area contributed by atoms with E-state index in [9.17, 15) is 14.5 Å². The Labute approximate surface area is 152 Å². The molecule has 14 heteroatoms. The van der Waals surface area contributed by atoms with Gasteiger partial charge in [0, 0.05) is 0 Å². The quantitative estimate of drug-likeness (QED) is 0.347. The van der Waals surface area contributed by atoms with Crippen LogP contribution in [-0.4, -0.2) is 71.7 Å². The molecule has 27 heavy (non-hydrogen) atoms. The summed E-state index contributed by atoms with van der Waals surface area (Å²) in [5, 5.41) is 20.2. The van der Waals surface area contributed by atoms with Crippen LogP contribution in [0.1, 0.15) is 6.42 Å². The first kappa shape index (κ1) is 19.3. The monoisotopic (exact) mass is 402 g/mol. The number of fused-ring (bicyclic) bond motifs is 1. The Morgan fingerprint density at radius 1 is 1.41 bits per heavy atom. The predicted molar refractivity (Wildman–Crippen MR) is 92.8 cm³/mol. The number of ether oxygens (including phenoxy) is 1. The van der Waals surface area contributed by atoms with Crippen LogP contribution in [0.4, 0.5) is 5.82 Å². The molecule has 1 aliphatic rings. The van der Waals surface area contributed by atoms with Crippen molar-refractivity contribution < 1.29 is 34.0 Å². The van der Waals surface area contributed by atoms with Gasteiger partial charge in [0.25, 0.3) is 0 Å². The Morgan fingerprint density at radius 3 is 2.81 bits per heavy atom. The average molecular weight is 402 g/mol. The van der Waals surface area contributed by atoms with E-state index in [2.05, 4.69) is 20.0 Å². The molecule has 1 saturated heterocycles. The Morgan fingerprint density at radius 2 is 2.19 bits per heavy atom. The van der Waals surface area contributed by atoms with Crippen molar-refractivity contribution in [2.24, 2.45) is 0 Å². The fraction of sp³-hybridized carbons (Fsp3) is 0.462. The number of nitrogens with two attached hydrogens (primary N) is 1. The second-order valence-electron chi connectivity index (χ2n) is 5.99. The molecule has 0 aromatic carbocycles. The van der Waals surface area contributed by atoms with Gasteiger partial charge < -0.3 is 0 Å². The number of carboxylic acid groups (broad SMARTS) is 2. The van der Waals surface area contributed by atoms with Crippen molar-refractivity contribution in [1.29, 1.82) is 0 Å². The van der Waals surface area contributed by atoms with Crippen LogP contribution in [0.5, 0.6) is 0 Å². The third kappa shape index (κ3) is 4.46. The fourth-order valence-corrected chi connectivity index (χ4v) is 4.58. The summed E-state index contributed by atoms with van der Waals surface area (Å²) >= 11 is 0. The van der Waals surface area contributed by atoms with E-state index in [4.69, 9.17) is 25.2 Å². The van der Waals surface area contributed by atoms with Gasteiger partial charge in [-0.15, -0.1) is 0 Å². The van der Waals surface area contributed by atoms with Crippen LogP contribution >= 0.6 is 7.87 Å². The standard InChI is InChI=1S/C13H19N6O7P/c14-11-10-12(16-4-15-11)19(5-17-10)2-7-3-26-27(24,6-25-7)18-8(13(22)23)1-9(20)21/h4-5,7-8,18,24,27H,1-3,6H2,(H,20,21)(H,22,23)(H2,14,15,16)/t7-,8-/m0/s1. The third-order valence-corrected chi connectivity index (χ3v) is 5.93. The molecule has 0 aliphatic carbocycles. The van der Waals surface area contributed by atoms with Crippen molar-refractivity contribution in [2.45, 2.75) is 25.1 Å². The topological polar surface area (TPSA) is 195 Å². The molecule has 3 heterocycles. The van der Waals surface area contributed by atoms with Crippen LogP contribution in [-0.2, 0) is 25.4 Å². The van der Waals surface area contributed by atoms with E-state index in [-0.39, 0.29) is 18.8 Å². The van der Waals surface area contributed by atoms with Gasteiger partial charge in [0.15, 0.2) is 0 Å². The Balaban J connectivity index is 1.61. The SMILES string of the molecule is Nc1ncnc2c1ncn2C[C@H]1CO[PH](O)(N[C@@H](CC(=O)O)C(=O)O)CO1. The first-order chi connectivity index (χ1) is 12.8. The minimum atomic E-state index is -3.72. The zero-order chi connectivity index (χ0) is 19.6. The number of hydrogen-bond acceptors (Lipinski definition) is 10. The minimum absolute atomic E-state index is 0.0185. The summed E-state index contributed by atoms with van der Waals surface area (Å²) in [7, 11) is -3.72. The fourth-order valence-electron chi connectivity index (χ4n) is 2.64. The molecule has 13 nitrogen and oxygen atoms in total. The van der Waals surface area contributed by atoms with Crippen LogP contribution in [0.3, 0.4) is 0 Å². The molecule has 0 bridgehead atoms. The first-order valence-electron chi connectivity index (χ1n) is 7.89. The normalized spacial score (nSPS) is 21.6. The number of imidazole rings is 1. The van der Waals surface area contributed by atoms with Crippen molar-refractivity contribution in [3.63, 3.8) is 0 Å². The van der Waals surface area contributed by atoms with E-state index in [1.165, 1.54) is 12.7 Å². The Bertz CT molecular complexity index is 853. The molecule has 0 spiro atoms. The number of nitrogen functional groups attached to an aromatic ring is 1. The van der Waals surface area contributed by atoms with Gasteiger partial charge >= 0.3 is 152 Å². The van der Waals surface area contributed by atoms with Crippen LogP contribution in [0, 0.1) is 0 Å². The van der Waals surface area contributed by atoms with Gasteiger partial charge in [0.1, 0.15) is 0 Å². The van der Waals surface area contributed by atoms with Crippen LogP contribution in [0.2, 0.25) is 0 Å². The zero-order valence-corrected chi connectivity index (χ0v) is 15.0.